The number of benzene rings is 3. The lowest BCUT2D eigenvalue weighted by Gasteiger charge is -2.18. The van der Waals surface area contributed by atoms with Gasteiger partial charge < -0.3 is 10.4 Å². The molecule has 184 valence electrons. The Morgan fingerprint density at radius 3 is 2.38 bits per heavy atom. The Labute approximate surface area is 208 Å². The molecule has 0 fully saturated rings. The van der Waals surface area contributed by atoms with Gasteiger partial charge in [-0.1, -0.05) is 36.4 Å². The Morgan fingerprint density at radius 1 is 0.919 bits per heavy atom. The molecule has 0 spiro atoms. The monoisotopic (exact) mass is 499 g/mol. The fraction of sp³-hybridized carbons (Fsp3) is 0.0714. The van der Waals surface area contributed by atoms with Crippen molar-refractivity contribution in [2.75, 3.05) is 0 Å². The van der Waals surface area contributed by atoms with Gasteiger partial charge in [-0.15, -0.1) is 0 Å². The number of halogens is 2. The topological polar surface area (TPSA) is 101 Å². The molecular formula is C28H19F2N3O4. The maximum absolute atomic E-state index is 14.1. The summed E-state index contributed by atoms with van der Waals surface area (Å²) in [7, 11) is 0. The van der Waals surface area contributed by atoms with Gasteiger partial charge in [0.2, 0.25) is 0 Å². The van der Waals surface area contributed by atoms with Crippen molar-refractivity contribution in [3.8, 4) is 5.69 Å². The first-order valence-electron chi connectivity index (χ1n) is 11.3. The Hall–Kier alpha value is -4.92. The Bertz CT molecular complexity index is 1730. The molecule has 0 aliphatic heterocycles. The lowest BCUT2D eigenvalue weighted by molar-refractivity contribution is -0.139. The van der Waals surface area contributed by atoms with Gasteiger partial charge in [0, 0.05) is 35.7 Å². The quantitative estimate of drug-likeness (QED) is 0.364. The molecule has 1 atom stereocenters. The molecule has 0 radical (unpaired) electrons. The Balaban J connectivity index is 1.56. The SMILES string of the molecule is O=C(N[C@@H](Cc1cccc2c(-n3c(=O)ccc4cnccc43)cccc12)C(=O)O)c1c(F)cccc1F. The maximum atomic E-state index is 14.1. The number of amides is 1. The van der Waals surface area contributed by atoms with Crippen LogP contribution in [0.15, 0.2) is 90.0 Å². The van der Waals surface area contributed by atoms with E-state index in [1.807, 2.05) is 6.07 Å². The number of carbonyl (C=O) groups is 2. The number of fused-ring (bicyclic) bond motifs is 2. The number of nitrogens with zero attached hydrogens (tertiary/aromatic N) is 2. The molecule has 0 aliphatic carbocycles. The third-order valence-corrected chi connectivity index (χ3v) is 6.14. The highest BCUT2D eigenvalue weighted by atomic mass is 19.1. The summed E-state index contributed by atoms with van der Waals surface area (Å²) >= 11 is 0. The molecule has 0 bridgehead atoms. The lowest BCUT2D eigenvalue weighted by atomic mass is 9.97. The first-order chi connectivity index (χ1) is 17.8. The first kappa shape index (κ1) is 23.8. The van der Waals surface area contributed by atoms with Crippen LogP contribution in [0.3, 0.4) is 0 Å². The minimum absolute atomic E-state index is 0.160. The molecule has 5 aromatic rings. The van der Waals surface area contributed by atoms with E-state index in [2.05, 4.69) is 10.3 Å². The van der Waals surface area contributed by atoms with Gasteiger partial charge in [0.25, 0.3) is 11.5 Å². The van der Waals surface area contributed by atoms with Gasteiger partial charge in [0.1, 0.15) is 23.2 Å². The largest absolute Gasteiger partial charge is 0.480 e. The van der Waals surface area contributed by atoms with Crippen molar-refractivity contribution in [2.24, 2.45) is 0 Å². The number of carbonyl (C=O) groups excluding carboxylic acids is 1. The summed E-state index contributed by atoms with van der Waals surface area (Å²) in [5.74, 6) is -4.71. The number of aromatic nitrogens is 2. The summed E-state index contributed by atoms with van der Waals surface area (Å²) in [6, 6.07) is 16.9. The summed E-state index contributed by atoms with van der Waals surface area (Å²) in [6.45, 7) is 0. The second kappa shape index (κ2) is 9.62. The molecule has 5 rings (SSSR count). The van der Waals surface area contributed by atoms with Crippen LogP contribution >= 0.6 is 0 Å². The van der Waals surface area contributed by atoms with Crippen molar-refractivity contribution in [1.82, 2.24) is 14.9 Å². The van der Waals surface area contributed by atoms with E-state index in [0.29, 0.717) is 27.5 Å². The van der Waals surface area contributed by atoms with Crippen LogP contribution in [-0.4, -0.2) is 32.6 Å². The molecule has 37 heavy (non-hydrogen) atoms. The molecule has 2 N–H and O–H groups in total. The normalized spacial score (nSPS) is 11.9. The lowest BCUT2D eigenvalue weighted by Crippen LogP contribution is -2.43. The molecule has 1 amide bonds. The molecule has 3 aromatic carbocycles. The molecule has 7 nitrogen and oxygen atoms in total. The standard InChI is InChI=1S/C28H19F2N3O4/c29-20-7-3-8-21(30)26(20)27(35)32-22(28(36)37)14-16-4-1-6-19-18(16)5-2-9-24(19)33-23-12-13-31-15-17(23)10-11-25(33)34/h1-13,15,22H,14H2,(H,32,35)(H,36,37)/t22-/m0/s1. The van der Waals surface area contributed by atoms with Crippen LogP contribution in [0, 0.1) is 11.6 Å². The number of pyridine rings is 2. The van der Waals surface area contributed by atoms with Crippen molar-refractivity contribution in [3.63, 3.8) is 0 Å². The number of carboxylic acid groups (broad SMARTS) is 1. The van der Waals surface area contributed by atoms with Crippen LogP contribution in [0.1, 0.15) is 15.9 Å². The van der Waals surface area contributed by atoms with E-state index in [9.17, 15) is 28.3 Å². The molecular weight excluding hydrogens is 480 g/mol. The number of hydrogen-bond acceptors (Lipinski definition) is 4. The summed E-state index contributed by atoms with van der Waals surface area (Å²) in [5, 5.41) is 14.1. The van der Waals surface area contributed by atoms with Crippen LogP contribution < -0.4 is 10.9 Å². The number of carboxylic acids is 1. The van der Waals surface area contributed by atoms with E-state index in [1.165, 1.54) is 6.07 Å². The number of nitrogens with one attached hydrogen (secondary N) is 1. The third kappa shape index (κ3) is 4.42. The van der Waals surface area contributed by atoms with Gasteiger partial charge >= 0.3 is 5.97 Å². The van der Waals surface area contributed by atoms with Crippen LogP contribution in [0.4, 0.5) is 8.78 Å². The van der Waals surface area contributed by atoms with Crippen molar-refractivity contribution < 1.29 is 23.5 Å². The highest BCUT2D eigenvalue weighted by Gasteiger charge is 2.25. The van der Waals surface area contributed by atoms with E-state index < -0.39 is 35.1 Å². The summed E-state index contributed by atoms with van der Waals surface area (Å²) in [4.78, 5) is 41.6. The van der Waals surface area contributed by atoms with Crippen molar-refractivity contribution in [3.05, 3.63) is 118 Å². The highest BCUT2D eigenvalue weighted by molar-refractivity contribution is 5.98. The van der Waals surface area contributed by atoms with Crippen LogP contribution in [0.25, 0.3) is 27.4 Å². The van der Waals surface area contributed by atoms with Gasteiger partial charge in [-0.05, 0) is 41.3 Å². The smallest absolute Gasteiger partial charge is 0.326 e. The van der Waals surface area contributed by atoms with E-state index in [-0.39, 0.29) is 12.0 Å². The van der Waals surface area contributed by atoms with E-state index in [0.717, 1.165) is 23.6 Å². The maximum Gasteiger partial charge on any atom is 0.326 e. The summed E-state index contributed by atoms with van der Waals surface area (Å²) in [6.07, 6.45) is 3.08. The average Bonchev–Trinajstić information content (AvgIpc) is 2.88. The fourth-order valence-electron chi connectivity index (χ4n) is 4.43. The minimum atomic E-state index is -1.47. The highest BCUT2D eigenvalue weighted by Crippen LogP contribution is 2.27. The number of aliphatic carboxylic acids is 1. The zero-order chi connectivity index (χ0) is 26.1. The van der Waals surface area contributed by atoms with E-state index in [1.54, 1.807) is 59.4 Å². The Kier molecular flexibility index (Phi) is 6.19. The van der Waals surface area contributed by atoms with Crippen LogP contribution in [0.2, 0.25) is 0 Å². The Morgan fingerprint density at radius 2 is 1.62 bits per heavy atom. The molecule has 0 saturated heterocycles. The van der Waals surface area contributed by atoms with E-state index >= 15 is 0 Å². The van der Waals surface area contributed by atoms with Crippen LogP contribution in [-0.2, 0) is 11.2 Å². The number of rotatable bonds is 6. The molecule has 0 saturated carbocycles. The summed E-state index contributed by atoms with van der Waals surface area (Å²) < 4.78 is 29.7. The zero-order valence-corrected chi connectivity index (χ0v) is 19.2. The van der Waals surface area contributed by atoms with Crippen molar-refractivity contribution in [1.29, 1.82) is 0 Å². The predicted octanol–water partition coefficient (Wildman–Crippen LogP) is 4.24. The fourth-order valence-corrected chi connectivity index (χ4v) is 4.43. The van der Waals surface area contributed by atoms with Crippen LogP contribution in [0.5, 0.6) is 0 Å². The second-order valence-electron chi connectivity index (χ2n) is 8.40. The summed E-state index contributed by atoms with van der Waals surface area (Å²) in [5.41, 5.74) is 0.711. The van der Waals surface area contributed by atoms with Gasteiger partial charge in [0.15, 0.2) is 0 Å². The van der Waals surface area contributed by atoms with Crippen molar-refractivity contribution in [2.45, 2.75) is 12.5 Å². The van der Waals surface area contributed by atoms with Gasteiger partial charge in [-0.25, -0.2) is 13.6 Å². The zero-order valence-electron chi connectivity index (χ0n) is 19.2. The molecule has 2 aromatic heterocycles. The second-order valence-corrected chi connectivity index (χ2v) is 8.40. The third-order valence-electron chi connectivity index (χ3n) is 6.14. The van der Waals surface area contributed by atoms with E-state index in [4.69, 9.17) is 0 Å². The predicted molar refractivity (Wildman–Crippen MR) is 134 cm³/mol. The van der Waals surface area contributed by atoms with Gasteiger partial charge in [-0.3, -0.25) is 19.1 Å². The molecule has 0 aliphatic rings. The van der Waals surface area contributed by atoms with Crippen molar-refractivity contribution >= 4 is 33.6 Å². The molecule has 2 heterocycles. The minimum Gasteiger partial charge on any atom is -0.480 e. The van der Waals surface area contributed by atoms with Gasteiger partial charge in [0.05, 0.1) is 11.2 Å². The number of hydrogen-bond donors (Lipinski definition) is 2. The molecule has 9 heteroatoms. The van der Waals surface area contributed by atoms with Gasteiger partial charge in [-0.2, -0.15) is 0 Å². The average molecular weight is 499 g/mol. The first-order valence-corrected chi connectivity index (χ1v) is 11.3. The molecule has 0 unspecified atom stereocenters.